The highest BCUT2D eigenvalue weighted by molar-refractivity contribution is 7.24. The first-order chi connectivity index (χ1) is 68.4. The average Bonchev–Trinajstić information content (AvgIpc) is 0.674. The fourth-order valence-electron chi connectivity index (χ4n) is 25.3. The Balaban J connectivity index is 0.000000128. The number of benzene rings is 20. The Kier molecular flexibility index (Phi) is 15.8. The summed E-state index contributed by atoms with van der Waals surface area (Å²) >= 11 is 0. The number of nitrogens with zero attached hydrogens (tertiary/aromatic N) is 4. The predicted octanol–water partition coefficient (Wildman–Crippen LogP) is 16.2. The van der Waals surface area contributed by atoms with E-state index in [1.807, 2.05) is 42.5 Å². The van der Waals surface area contributed by atoms with Gasteiger partial charge in [0.25, 0.3) is 26.9 Å². The molecule has 138 heavy (non-hydrogen) atoms. The van der Waals surface area contributed by atoms with Crippen LogP contribution in [0, 0.1) is 0 Å². The van der Waals surface area contributed by atoms with Gasteiger partial charge in [-0.25, -0.2) is 0 Å². The number of fused-ring (bicyclic) bond motifs is 32. The molecule has 0 amide bonds. The lowest BCUT2D eigenvalue weighted by Crippen LogP contribution is -2.79. The number of anilines is 12. The van der Waals surface area contributed by atoms with Crippen molar-refractivity contribution < 1.29 is 37.9 Å². The quantitative estimate of drug-likeness (QED) is 0.157. The third-order valence-electron chi connectivity index (χ3n) is 30.6. The van der Waals surface area contributed by atoms with Gasteiger partial charge in [0.05, 0.1) is 5.69 Å². The van der Waals surface area contributed by atoms with Crippen molar-refractivity contribution in [3.8, 4) is 92.0 Å². The minimum Gasteiger partial charge on any atom is -0.458 e. The van der Waals surface area contributed by atoms with E-state index in [9.17, 15) is 0 Å². The zero-order chi connectivity index (χ0) is 89.9. The van der Waals surface area contributed by atoms with E-state index in [-0.39, 0.29) is 26.9 Å². The molecule has 640 valence electrons. The van der Waals surface area contributed by atoms with E-state index in [4.69, 9.17) is 37.9 Å². The van der Waals surface area contributed by atoms with Crippen molar-refractivity contribution in [2.75, 3.05) is 19.6 Å². The summed E-state index contributed by atoms with van der Waals surface area (Å²) in [5, 5.41) is 10.7. The zero-order valence-electron chi connectivity index (χ0n) is 73.9. The molecule has 0 saturated carbocycles. The van der Waals surface area contributed by atoms with E-state index in [1.54, 1.807) is 0 Å². The fraction of sp³-hybridized carbons (Fsp3) is 0. The van der Waals surface area contributed by atoms with Crippen LogP contribution in [-0.2, 0) is 0 Å². The summed E-state index contributed by atoms with van der Waals surface area (Å²) in [6.07, 6.45) is 0. The van der Waals surface area contributed by atoms with Crippen LogP contribution in [0.3, 0.4) is 0 Å². The van der Waals surface area contributed by atoms with Gasteiger partial charge < -0.3 is 57.5 Å². The summed E-state index contributed by atoms with van der Waals surface area (Å²) in [6, 6.07) is 158. The topological polar surface area (TPSA) is 86.8 Å². The summed E-state index contributed by atoms with van der Waals surface area (Å²) in [4.78, 5) is 9.89. The van der Waals surface area contributed by atoms with Gasteiger partial charge in [0.1, 0.15) is 92.0 Å². The van der Waals surface area contributed by atoms with Crippen LogP contribution in [0.4, 0.5) is 68.2 Å². The Morgan fingerprint density at radius 3 is 0.616 bits per heavy atom. The molecule has 12 aliphatic heterocycles. The third kappa shape index (κ3) is 10.3. The number of ether oxygens (including phenoxy) is 8. The van der Waals surface area contributed by atoms with Crippen molar-refractivity contribution in [2.24, 2.45) is 0 Å². The zero-order valence-corrected chi connectivity index (χ0v) is 75.9. The maximum atomic E-state index is 6.88. The summed E-state index contributed by atoms with van der Waals surface area (Å²) in [5.74, 6) is 13.7. The van der Waals surface area contributed by atoms with Gasteiger partial charge in [0, 0.05) is 103 Å². The molecule has 18 heteroatoms. The first kappa shape index (κ1) is 76.1. The molecule has 0 aliphatic carbocycles. The molecule has 0 N–H and O–H groups in total. The van der Waals surface area contributed by atoms with Gasteiger partial charge >= 0.3 is 0 Å². The molecule has 0 saturated heterocycles. The Morgan fingerprint density at radius 1 is 0.138 bits per heavy atom. The van der Waals surface area contributed by atoms with E-state index >= 15 is 0 Å². The van der Waals surface area contributed by atoms with Gasteiger partial charge in [-0.05, 0) is 243 Å². The van der Waals surface area contributed by atoms with Gasteiger partial charge in [-0.3, -0.25) is 0 Å². The van der Waals surface area contributed by atoms with E-state index < -0.39 is 16.1 Å². The third-order valence-corrected chi connectivity index (χ3v) is 40.4. The Hall–Kier alpha value is -17.3. The molecule has 0 bridgehead atoms. The predicted molar refractivity (Wildman–Crippen MR) is 564 cm³/mol. The monoisotopic (exact) mass is 1800 g/mol. The minimum absolute atomic E-state index is 0.00216. The molecule has 0 aromatic heterocycles. The largest absolute Gasteiger partial charge is 0.458 e. The van der Waals surface area contributed by atoms with E-state index in [0.29, 0.717) is 0 Å². The Morgan fingerprint density at radius 2 is 0.326 bits per heavy atom. The first-order valence-electron chi connectivity index (χ1n) is 47.3. The van der Waals surface area contributed by atoms with Crippen molar-refractivity contribution in [3.05, 3.63) is 437 Å². The van der Waals surface area contributed by atoms with Crippen molar-refractivity contribution in [3.63, 3.8) is 0 Å². The molecule has 2 spiro atoms. The lowest BCUT2D eigenvalue weighted by molar-refractivity contribution is 0.464. The second kappa shape index (κ2) is 28.6. The summed E-state index contributed by atoms with van der Waals surface area (Å²) in [5.41, 5.74) is 27.0. The Labute approximate surface area is 798 Å². The van der Waals surface area contributed by atoms with Gasteiger partial charge in [-0.1, -0.05) is 261 Å². The minimum atomic E-state index is -3.07. The lowest BCUT2D eigenvalue weighted by Gasteiger charge is -2.50. The first-order valence-corrected chi connectivity index (χ1v) is 51.3. The summed E-state index contributed by atoms with van der Waals surface area (Å²) < 4.78 is 53.5. The fourth-order valence-corrected chi connectivity index (χ4v) is 36.2. The van der Waals surface area contributed by atoms with Gasteiger partial charge in [0.2, 0.25) is 0 Å². The van der Waals surface area contributed by atoms with Crippen LogP contribution < -0.4 is 165 Å². The average molecular weight is 1800 g/mol. The second-order valence-electron chi connectivity index (χ2n) is 37.2. The van der Waals surface area contributed by atoms with E-state index in [1.165, 1.54) is 75.6 Å². The molecule has 12 nitrogen and oxygen atoms in total. The van der Waals surface area contributed by atoms with Crippen LogP contribution in [0.25, 0.3) is 0 Å². The summed E-state index contributed by atoms with van der Waals surface area (Å²) in [6.45, 7) is -0.0965. The Bertz CT molecular complexity index is 8250. The molecule has 0 fully saturated rings. The van der Waals surface area contributed by atoms with Crippen LogP contribution in [-0.4, -0.2) is 43.0 Å². The van der Waals surface area contributed by atoms with Crippen LogP contribution in [0.5, 0.6) is 92.0 Å². The SMILES string of the molecule is c1ccc2c(c1)Oc1cccc3c1B2c1cc(N2c4ccccc4[Si]4(c5ccccc52)c2ccccc2N(c2ccc5c(c2)B2c6ccccc6Oc6cccc(c62)O5)c2ccccc24)ccc1O3.c1ccc2c(c1)Oc1cccc3c1B2c1ccc(N2c4ccccc4[Si]4(c5ccccc52)c2ccccc2N(c2cc5c6c(c2)Oc2ccccc2B6c2ccccc2O5)c2ccccc24)cc1O3. The van der Waals surface area contributed by atoms with Gasteiger partial charge in [0.15, 0.2) is 16.1 Å². The second-order valence-corrected chi connectivity index (χ2v) is 44.6. The molecule has 12 aliphatic rings. The van der Waals surface area contributed by atoms with Crippen molar-refractivity contribution >= 4 is 218 Å². The number of rotatable bonds is 4. The molecule has 0 atom stereocenters. The molecular weight excluding hydrogens is 1720 g/mol. The molecular formula is C120H72B4N4O8Si2. The molecule has 20 aromatic rings. The van der Waals surface area contributed by atoms with Crippen molar-refractivity contribution in [1.29, 1.82) is 0 Å². The van der Waals surface area contributed by atoms with Gasteiger partial charge in [-0.2, -0.15) is 0 Å². The smallest absolute Gasteiger partial charge is 0.260 e. The molecule has 0 unspecified atom stereocenters. The van der Waals surface area contributed by atoms with E-state index in [2.05, 4.69) is 414 Å². The molecule has 12 heterocycles. The molecule has 32 rings (SSSR count). The van der Waals surface area contributed by atoms with Crippen LogP contribution in [0.1, 0.15) is 0 Å². The highest BCUT2D eigenvalue weighted by Gasteiger charge is 2.58. The standard InChI is InChI=1S/2C60H36B2N2O4Si/c1-8-23-47-39(16-1)62-42-33-32-37(34-52(42)68-51-27-15-26-50(65-47)59(51)62)63-43-19-4-11-28-55(43)69(56-29-12-5-20-44(56)63)57-30-13-6-21-45(57)64(46-22-7-14-31-58(46)69)38-35-53-60-54(36-38)67-49-25-10-3-18-41(49)61(60)40-17-2-9-24-48(40)66-53;1-7-21-47-39(15-1)61-41-35-37(31-33-49(41)67-53-25-13-23-51(65-47)59(53)61)63-43-17-3-9-27-55(43)69(56-28-10-4-18-44(56)63)57-29-11-5-19-45(57)64(46-20-6-12-30-58(46)69)38-32-34-50-42(36-38)62-40-16-2-8-22-48(40)66-52-24-14-26-54(68-50)60(52)62/h2*1-36H. The summed E-state index contributed by atoms with van der Waals surface area (Å²) in [7, 11) is -6.12. The van der Waals surface area contributed by atoms with Crippen molar-refractivity contribution in [2.45, 2.75) is 0 Å². The highest BCUT2D eigenvalue weighted by atomic mass is 28.3. The number of hydrogen-bond donors (Lipinski definition) is 0. The number of para-hydroxylation sites is 13. The molecule has 0 radical (unpaired) electrons. The van der Waals surface area contributed by atoms with Crippen LogP contribution in [0.2, 0.25) is 0 Å². The normalized spacial score (nSPS) is 14.8. The highest BCUT2D eigenvalue weighted by Crippen LogP contribution is 2.52. The maximum Gasteiger partial charge on any atom is 0.260 e. The van der Waals surface area contributed by atoms with Crippen LogP contribution >= 0.6 is 0 Å². The molecule has 20 aromatic carbocycles. The lowest BCUT2D eigenvalue weighted by atomic mass is 9.35. The van der Waals surface area contributed by atoms with E-state index in [0.717, 1.165) is 192 Å². The maximum absolute atomic E-state index is 6.88. The van der Waals surface area contributed by atoms with Crippen molar-refractivity contribution in [1.82, 2.24) is 0 Å². The van der Waals surface area contributed by atoms with Gasteiger partial charge in [-0.15, -0.1) is 0 Å². The number of hydrogen-bond acceptors (Lipinski definition) is 12. The van der Waals surface area contributed by atoms with Crippen LogP contribution in [0.15, 0.2) is 437 Å².